The molecule has 2 aliphatic heterocycles. The monoisotopic (exact) mass is 880 g/mol. The van der Waals surface area contributed by atoms with Crippen molar-refractivity contribution in [3.8, 4) is 0 Å². The van der Waals surface area contributed by atoms with E-state index < -0.39 is 117 Å². The van der Waals surface area contributed by atoms with Crippen molar-refractivity contribution in [1.82, 2.24) is 36.4 Å². The summed E-state index contributed by atoms with van der Waals surface area (Å²) in [6.07, 6.45) is 1.66. The number of rotatable bonds is 22. The average Bonchev–Trinajstić information content (AvgIpc) is 3.88. The molecule has 1 aromatic carbocycles. The summed E-state index contributed by atoms with van der Waals surface area (Å²) in [7, 11) is -5.23. The Bertz CT molecular complexity index is 1810. The molecule has 10 N–H and O–H groups in total. The number of likely N-dealkylation sites (tertiary alicyclic amines) is 2. The molecule has 2 saturated heterocycles. The average molecular weight is 881 g/mol. The van der Waals surface area contributed by atoms with Gasteiger partial charge in [0.15, 0.2) is 0 Å². The maximum atomic E-state index is 14.2. The lowest BCUT2D eigenvalue weighted by Gasteiger charge is -2.32. The van der Waals surface area contributed by atoms with Gasteiger partial charge in [-0.2, -0.15) is 0 Å². The van der Waals surface area contributed by atoms with Crippen molar-refractivity contribution >= 4 is 61.4 Å². The van der Waals surface area contributed by atoms with Gasteiger partial charge in [-0.25, -0.2) is 4.57 Å². The van der Waals surface area contributed by atoms with Gasteiger partial charge < -0.3 is 61.8 Å². The SMILES string of the molecule is CC(C)C[C@H](NC(=O)[C@H](COP(=O)(O)O)NC(=O)[C@H](C)NC(=O)[C@H](CC(=O)O)NC(=O)[C@H](C)N)C(=O)N1CCC[C@H]1C(=O)N[C@@H](Cc1ccccc1)C(=O)N1CCC[C@H]1C=O. The number of hydrogen-bond donors (Lipinski definition) is 9. The zero-order chi connectivity index (χ0) is 45.6. The Labute approximate surface area is 352 Å². The topological polar surface area (TPSA) is 333 Å². The van der Waals surface area contributed by atoms with Gasteiger partial charge in [0.05, 0.1) is 25.1 Å². The van der Waals surface area contributed by atoms with Crippen LogP contribution in [-0.4, -0.2) is 146 Å². The standard InChI is InChI=1S/C38H57N8O14P/c1-21(2)16-27(42-35(53)29(20-60-61(57,58)59)44-33(51)23(4)40-34(52)26(18-31(48)49)41-32(50)22(3)39)38(56)46-15-9-13-30(46)36(54)43-28(17-24-10-6-5-7-11-24)37(55)45-14-8-12-25(45)19-47/h5-7,10-11,19,21-23,25-30H,8-9,12-18,20,39H2,1-4H3,(H,40,52)(H,41,50)(H,42,53)(H,43,54)(H,44,51)(H,48,49)(H2,57,58,59)/t22-,23-,25-,26-,27-,28-,29-,30-/m0/s1. The molecule has 0 radical (unpaired) electrons. The second-order valence-electron chi connectivity index (χ2n) is 15.5. The minimum atomic E-state index is -5.23. The minimum absolute atomic E-state index is 0.0111. The number of phosphoric acid groups is 1. The van der Waals surface area contributed by atoms with E-state index in [-0.39, 0.29) is 31.7 Å². The van der Waals surface area contributed by atoms with Crippen LogP contribution in [0.25, 0.3) is 0 Å². The third kappa shape index (κ3) is 15.6. The third-order valence-corrected chi connectivity index (χ3v) is 10.5. The Balaban J connectivity index is 1.81. The van der Waals surface area contributed by atoms with Gasteiger partial charge in [-0.05, 0) is 57.4 Å². The molecule has 7 amide bonds. The molecular formula is C38H57N8O14P. The van der Waals surface area contributed by atoms with E-state index in [4.69, 9.17) is 5.73 Å². The van der Waals surface area contributed by atoms with Crippen LogP contribution in [0.4, 0.5) is 0 Å². The molecule has 2 heterocycles. The molecule has 2 fully saturated rings. The van der Waals surface area contributed by atoms with Crippen molar-refractivity contribution in [2.24, 2.45) is 11.7 Å². The number of carbonyl (C=O) groups is 9. The number of phosphoric ester groups is 1. The maximum Gasteiger partial charge on any atom is 0.469 e. The first kappa shape index (κ1) is 50.1. The molecule has 22 nitrogen and oxygen atoms in total. The molecule has 0 aromatic heterocycles. The molecule has 0 aliphatic carbocycles. The second-order valence-corrected chi connectivity index (χ2v) is 16.8. The lowest BCUT2D eigenvalue weighted by Crippen LogP contribution is -2.60. The molecule has 8 atom stereocenters. The van der Waals surface area contributed by atoms with Crippen molar-refractivity contribution in [2.45, 2.75) is 121 Å². The number of carboxylic acids is 1. The molecule has 0 saturated carbocycles. The number of aliphatic carboxylic acids is 1. The van der Waals surface area contributed by atoms with E-state index in [0.717, 1.165) is 12.5 Å². The fourth-order valence-corrected chi connectivity index (χ4v) is 7.26. The molecule has 0 bridgehead atoms. The van der Waals surface area contributed by atoms with E-state index in [1.807, 2.05) is 0 Å². The van der Waals surface area contributed by atoms with Crippen LogP contribution in [0.3, 0.4) is 0 Å². The quantitative estimate of drug-likeness (QED) is 0.0442. The van der Waals surface area contributed by atoms with Crippen molar-refractivity contribution in [1.29, 1.82) is 0 Å². The molecule has 23 heteroatoms. The van der Waals surface area contributed by atoms with Crippen molar-refractivity contribution in [3.63, 3.8) is 0 Å². The number of carboxylic acid groups (broad SMARTS) is 1. The first-order chi connectivity index (χ1) is 28.6. The number of aldehydes is 1. The number of nitrogens with zero attached hydrogens (tertiary/aromatic N) is 2. The van der Waals surface area contributed by atoms with Gasteiger partial charge in [0, 0.05) is 19.5 Å². The predicted molar refractivity (Wildman–Crippen MR) is 214 cm³/mol. The zero-order valence-corrected chi connectivity index (χ0v) is 35.4. The van der Waals surface area contributed by atoms with Crippen LogP contribution in [0.15, 0.2) is 30.3 Å². The smallest absolute Gasteiger partial charge is 0.469 e. The van der Waals surface area contributed by atoms with Gasteiger partial charge in [0.1, 0.15) is 42.5 Å². The normalized spacial score (nSPS) is 19.4. The Morgan fingerprint density at radius 2 is 1.36 bits per heavy atom. The van der Waals surface area contributed by atoms with E-state index in [0.29, 0.717) is 32.1 Å². The first-order valence-corrected chi connectivity index (χ1v) is 21.4. The Morgan fingerprint density at radius 1 is 0.787 bits per heavy atom. The summed E-state index contributed by atoms with van der Waals surface area (Å²) in [6.45, 7) is 5.27. The van der Waals surface area contributed by atoms with E-state index in [2.05, 4.69) is 31.1 Å². The number of nitrogens with one attached hydrogen (secondary N) is 5. The van der Waals surface area contributed by atoms with E-state index in [1.165, 1.54) is 16.7 Å². The second kappa shape index (κ2) is 23.1. The van der Waals surface area contributed by atoms with Gasteiger partial charge >= 0.3 is 13.8 Å². The molecule has 2 aliphatic rings. The van der Waals surface area contributed by atoms with Crippen molar-refractivity contribution in [3.05, 3.63) is 35.9 Å². The summed E-state index contributed by atoms with van der Waals surface area (Å²) in [5.41, 5.74) is 6.24. The van der Waals surface area contributed by atoms with Crippen molar-refractivity contribution in [2.75, 3.05) is 19.7 Å². The van der Waals surface area contributed by atoms with Gasteiger partial charge in [-0.15, -0.1) is 0 Å². The van der Waals surface area contributed by atoms with Crippen LogP contribution in [0.2, 0.25) is 0 Å². The summed E-state index contributed by atoms with van der Waals surface area (Å²) in [5, 5.41) is 21.1. The number of benzene rings is 1. The van der Waals surface area contributed by atoms with Crippen LogP contribution in [0.1, 0.15) is 71.8 Å². The molecule has 1 aromatic rings. The Kier molecular flexibility index (Phi) is 18.9. The lowest BCUT2D eigenvalue weighted by atomic mass is 10.0. The largest absolute Gasteiger partial charge is 0.481 e. The summed E-state index contributed by atoms with van der Waals surface area (Å²) in [6, 6.07) is -1.32. The Morgan fingerprint density at radius 3 is 1.95 bits per heavy atom. The third-order valence-electron chi connectivity index (χ3n) is 10.0. The van der Waals surface area contributed by atoms with Crippen LogP contribution >= 0.6 is 7.82 Å². The van der Waals surface area contributed by atoms with Gasteiger partial charge in [-0.1, -0.05) is 44.2 Å². The number of nitrogens with two attached hydrogens (primary N) is 1. The number of carbonyl (C=O) groups excluding carboxylic acids is 8. The molecule has 0 spiro atoms. The summed E-state index contributed by atoms with van der Waals surface area (Å²) in [5.74, 6) is -7.65. The highest BCUT2D eigenvalue weighted by atomic mass is 31.2. The van der Waals surface area contributed by atoms with Gasteiger partial charge in [-0.3, -0.25) is 42.9 Å². The van der Waals surface area contributed by atoms with E-state index in [9.17, 15) is 62.6 Å². The molecular weight excluding hydrogens is 823 g/mol. The number of hydrogen-bond acceptors (Lipinski definition) is 12. The Hall–Kier alpha value is -5.28. The van der Waals surface area contributed by atoms with Crippen LogP contribution in [-0.2, 0) is 58.7 Å². The molecule has 61 heavy (non-hydrogen) atoms. The zero-order valence-electron chi connectivity index (χ0n) is 34.5. The minimum Gasteiger partial charge on any atom is -0.481 e. The van der Waals surface area contributed by atoms with Crippen LogP contribution in [0, 0.1) is 5.92 Å². The molecule has 0 unspecified atom stereocenters. The first-order valence-electron chi connectivity index (χ1n) is 19.9. The van der Waals surface area contributed by atoms with Crippen LogP contribution in [0.5, 0.6) is 0 Å². The fourth-order valence-electron chi connectivity index (χ4n) is 6.91. The van der Waals surface area contributed by atoms with Crippen molar-refractivity contribution < 1.29 is 67.1 Å². The lowest BCUT2D eigenvalue weighted by molar-refractivity contribution is -0.144. The molecule has 3 rings (SSSR count). The van der Waals surface area contributed by atoms with Gasteiger partial charge in [0.25, 0.3) is 0 Å². The predicted octanol–water partition coefficient (Wildman–Crippen LogP) is -2.17. The fraction of sp³-hybridized carbons (Fsp3) is 0.605. The van der Waals surface area contributed by atoms with E-state index >= 15 is 0 Å². The maximum absolute atomic E-state index is 14.2. The summed E-state index contributed by atoms with van der Waals surface area (Å²) < 4.78 is 16.2. The highest BCUT2D eigenvalue weighted by Gasteiger charge is 2.41. The summed E-state index contributed by atoms with van der Waals surface area (Å²) in [4.78, 5) is 139. The van der Waals surface area contributed by atoms with Gasteiger partial charge in [0.2, 0.25) is 41.4 Å². The number of amides is 7. The highest BCUT2D eigenvalue weighted by molar-refractivity contribution is 7.46. The van der Waals surface area contributed by atoms with Crippen LogP contribution < -0.4 is 32.3 Å². The van der Waals surface area contributed by atoms with E-state index in [1.54, 1.807) is 44.2 Å². The molecule has 338 valence electrons. The summed E-state index contributed by atoms with van der Waals surface area (Å²) >= 11 is 0. The highest BCUT2D eigenvalue weighted by Crippen LogP contribution is 2.35.